The predicted octanol–water partition coefficient (Wildman–Crippen LogP) is 3.74. The molecule has 0 aliphatic carbocycles. The zero-order chi connectivity index (χ0) is 20.5. The average Bonchev–Trinajstić information content (AvgIpc) is 2.70. The number of hydrogen-bond donors (Lipinski definition) is 0. The first-order valence-corrected chi connectivity index (χ1v) is 8.08. The van der Waals surface area contributed by atoms with Crippen LogP contribution in [0.3, 0.4) is 0 Å². The number of alkyl halides is 2. The summed E-state index contributed by atoms with van der Waals surface area (Å²) in [6.07, 6.45) is 2.81. The van der Waals surface area contributed by atoms with Gasteiger partial charge in [-0.15, -0.1) is 0 Å². The number of ether oxygens (including phenoxy) is 4. The van der Waals surface area contributed by atoms with Crippen LogP contribution in [-0.2, 0) is 9.53 Å². The van der Waals surface area contributed by atoms with Crippen LogP contribution >= 0.6 is 0 Å². The number of carbonyl (C=O) groups excluding carboxylic acids is 2. The molecule has 2 aromatic rings. The standard InChI is InChI=1S/C20H18F2O6/c1-25-18-11-13(4-10-19(24)26-2)3-9-17(18)27-12-16(23)14-5-7-15(8-6-14)28-20(21)22/h3-11,20H,12H2,1-2H3/b10-4+. The summed E-state index contributed by atoms with van der Waals surface area (Å²) in [5.74, 6) is -0.163. The van der Waals surface area contributed by atoms with Crippen LogP contribution in [-0.4, -0.2) is 39.2 Å². The molecule has 0 bridgehead atoms. The lowest BCUT2D eigenvalue weighted by molar-refractivity contribution is -0.134. The van der Waals surface area contributed by atoms with Gasteiger partial charge in [0.05, 0.1) is 14.2 Å². The van der Waals surface area contributed by atoms with Crippen molar-refractivity contribution in [3.8, 4) is 17.2 Å². The zero-order valence-electron chi connectivity index (χ0n) is 15.2. The van der Waals surface area contributed by atoms with E-state index in [9.17, 15) is 18.4 Å². The molecule has 2 aromatic carbocycles. The number of carbonyl (C=O) groups is 2. The Balaban J connectivity index is 2.02. The summed E-state index contributed by atoms with van der Waals surface area (Å²) < 4.78 is 43.8. The van der Waals surface area contributed by atoms with Crippen molar-refractivity contribution in [2.24, 2.45) is 0 Å². The quantitative estimate of drug-likeness (QED) is 0.368. The highest BCUT2D eigenvalue weighted by molar-refractivity contribution is 5.97. The molecule has 0 atom stereocenters. The van der Waals surface area contributed by atoms with Gasteiger partial charge in [-0.1, -0.05) is 6.07 Å². The van der Waals surface area contributed by atoms with Gasteiger partial charge < -0.3 is 18.9 Å². The van der Waals surface area contributed by atoms with Crippen molar-refractivity contribution < 1.29 is 37.3 Å². The fourth-order valence-corrected chi connectivity index (χ4v) is 2.19. The second-order valence-electron chi connectivity index (χ2n) is 5.38. The number of benzene rings is 2. The van der Waals surface area contributed by atoms with Crippen LogP contribution in [0.5, 0.6) is 17.2 Å². The molecule has 0 amide bonds. The predicted molar refractivity (Wildman–Crippen MR) is 96.9 cm³/mol. The zero-order valence-corrected chi connectivity index (χ0v) is 15.2. The largest absolute Gasteiger partial charge is 0.493 e. The minimum absolute atomic E-state index is 0.0373. The molecule has 0 radical (unpaired) electrons. The highest BCUT2D eigenvalue weighted by Crippen LogP contribution is 2.28. The molecular weight excluding hydrogens is 374 g/mol. The second kappa shape index (κ2) is 10.1. The number of Topliss-reactive ketones (excluding diaryl/α,β-unsaturated/α-hetero) is 1. The van der Waals surface area contributed by atoms with E-state index < -0.39 is 12.6 Å². The normalized spacial score (nSPS) is 10.8. The summed E-state index contributed by atoms with van der Waals surface area (Å²) >= 11 is 0. The average molecular weight is 392 g/mol. The molecule has 8 heteroatoms. The van der Waals surface area contributed by atoms with Gasteiger partial charge in [0.25, 0.3) is 0 Å². The van der Waals surface area contributed by atoms with E-state index in [0.717, 1.165) is 0 Å². The van der Waals surface area contributed by atoms with E-state index in [1.807, 2.05) is 0 Å². The van der Waals surface area contributed by atoms with Gasteiger partial charge in [-0.25, -0.2) is 4.79 Å². The van der Waals surface area contributed by atoms with E-state index >= 15 is 0 Å². The highest BCUT2D eigenvalue weighted by Gasteiger charge is 2.11. The van der Waals surface area contributed by atoms with E-state index in [0.29, 0.717) is 22.6 Å². The summed E-state index contributed by atoms with van der Waals surface area (Å²) in [5.41, 5.74) is 0.966. The van der Waals surface area contributed by atoms with Gasteiger partial charge in [0, 0.05) is 11.6 Å². The van der Waals surface area contributed by atoms with Crippen molar-refractivity contribution in [2.75, 3.05) is 20.8 Å². The lowest BCUT2D eigenvalue weighted by atomic mass is 10.1. The van der Waals surface area contributed by atoms with Gasteiger partial charge in [-0.2, -0.15) is 8.78 Å². The molecule has 0 aliphatic heterocycles. The molecule has 0 aromatic heterocycles. The number of esters is 1. The van der Waals surface area contributed by atoms with E-state index in [-0.39, 0.29) is 18.1 Å². The van der Waals surface area contributed by atoms with E-state index in [4.69, 9.17) is 9.47 Å². The van der Waals surface area contributed by atoms with E-state index in [1.54, 1.807) is 24.3 Å². The molecule has 0 spiro atoms. The first-order valence-electron chi connectivity index (χ1n) is 8.08. The molecule has 6 nitrogen and oxygen atoms in total. The van der Waals surface area contributed by atoms with Crippen molar-refractivity contribution in [1.29, 1.82) is 0 Å². The SMILES string of the molecule is COC(=O)/C=C/c1ccc(OCC(=O)c2ccc(OC(F)F)cc2)c(OC)c1. The number of halogens is 2. The molecule has 0 heterocycles. The Bertz CT molecular complexity index is 846. The summed E-state index contributed by atoms with van der Waals surface area (Å²) in [4.78, 5) is 23.4. The lowest BCUT2D eigenvalue weighted by Gasteiger charge is -2.11. The minimum atomic E-state index is -2.93. The third-order valence-electron chi connectivity index (χ3n) is 3.56. The number of rotatable bonds is 9. The summed E-state index contributed by atoms with van der Waals surface area (Å²) in [5, 5.41) is 0. The van der Waals surface area contributed by atoms with Gasteiger partial charge in [0.1, 0.15) is 5.75 Å². The first-order chi connectivity index (χ1) is 13.4. The Morgan fingerprint density at radius 3 is 2.36 bits per heavy atom. The summed E-state index contributed by atoms with van der Waals surface area (Å²) in [6.45, 7) is -3.20. The Labute approximate surface area is 160 Å². The Hall–Kier alpha value is -3.42. The molecule has 0 N–H and O–H groups in total. The molecule has 148 valence electrons. The first kappa shape index (κ1) is 20.9. The smallest absolute Gasteiger partial charge is 0.387 e. The molecule has 28 heavy (non-hydrogen) atoms. The van der Waals surface area contributed by atoms with Crippen molar-refractivity contribution >= 4 is 17.8 Å². The lowest BCUT2D eigenvalue weighted by Crippen LogP contribution is -2.12. The fourth-order valence-electron chi connectivity index (χ4n) is 2.19. The Kier molecular flexibility index (Phi) is 7.50. The molecule has 0 fully saturated rings. The van der Waals surface area contributed by atoms with Crippen LogP contribution in [0.1, 0.15) is 15.9 Å². The topological polar surface area (TPSA) is 71.1 Å². The van der Waals surface area contributed by atoms with Crippen molar-refractivity contribution in [1.82, 2.24) is 0 Å². The van der Waals surface area contributed by atoms with Gasteiger partial charge in [0.15, 0.2) is 23.9 Å². The third kappa shape index (κ3) is 6.08. The van der Waals surface area contributed by atoms with Gasteiger partial charge >= 0.3 is 12.6 Å². The van der Waals surface area contributed by atoms with Crippen molar-refractivity contribution in [3.63, 3.8) is 0 Å². The minimum Gasteiger partial charge on any atom is -0.493 e. The van der Waals surface area contributed by atoms with Crippen LogP contribution in [0.15, 0.2) is 48.5 Å². The van der Waals surface area contributed by atoms with Crippen LogP contribution < -0.4 is 14.2 Å². The van der Waals surface area contributed by atoms with Crippen LogP contribution in [0.2, 0.25) is 0 Å². The Morgan fingerprint density at radius 1 is 1.04 bits per heavy atom. The van der Waals surface area contributed by atoms with E-state index in [2.05, 4.69) is 9.47 Å². The van der Waals surface area contributed by atoms with Crippen molar-refractivity contribution in [2.45, 2.75) is 6.61 Å². The van der Waals surface area contributed by atoms with Gasteiger partial charge in [-0.3, -0.25) is 4.79 Å². The molecule has 0 saturated heterocycles. The highest BCUT2D eigenvalue weighted by atomic mass is 19.3. The Morgan fingerprint density at radius 2 is 1.75 bits per heavy atom. The maximum Gasteiger partial charge on any atom is 0.387 e. The summed E-state index contributed by atoms with van der Waals surface area (Å²) in [6, 6.07) is 10.2. The third-order valence-corrected chi connectivity index (χ3v) is 3.56. The molecule has 0 aliphatic rings. The van der Waals surface area contributed by atoms with Crippen LogP contribution in [0.25, 0.3) is 6.08 Å². The summed E-state index contributed by atoms with van der Waals surface area (Å²) in [7, 11) is 2.72. The second-order valence-corrected chi connectivity index (χ2v) is 5.38. The van der Waals surface area contributed by atoms with Crippen molar-refractivity contribution in [3.05, 3.63) is 59.7 Å². The maximum absolute atomic E-state index is 12.2. The maximum atomic E-state index is 12.2. The van der Waals surface area contributed by atoms with Gasteiger partial charge in [-0.05, 0) is 48.0 Å². The van der Waals surface area contributed by atoms with E-state index in [1.165, 1.54) is 44.6 Å². The van der Waals surface area contributed by atoms with Crippen LogP contribution in [0, 0.1) is 0 Å². The number of ketones is 1. The number of methoxy groups -OCH3 is 2. The molecule has 0 unspecified atom stereocenters. The number of hydrogen-bond acceptors (Lipinski definition) is 6. The van der Waals surface area contributed by atoms with Gasteiger partial charge in [0.2, 0.25) is 0 Å². The van der Waals surface area contributed by atoms with Crippen LogP contribution in [0.4, 0.5) is 8.78 Å². The monoisotopic (exact) mass is 392 g/mol. The fraction of sp³-hybridized carbons (Fsp3) is 0.200. The molecular formula is C20H18F2O6. The molecule has 0 saturated carbocycles. The molecule has 2 rings (SSSR count).